The molecule has 0 aliphatic rings. The number of halogens is 6. The molecule has 3 nitrogen and oxygen atoms in total. The van der Waals surface area contributed by atoms with E-state index >= 15 is 0 Å². The highest BCUT2D eigenvalue weighted by Crippen LogP contribution is 2.35. The summed E-state index contributed by atoms with van der Waals surface area (Å²) in [5.74, 6) is -9.43. The average molecular weight is 354 g/mol. The molecule has 0 aromatic carbocycles. The lowest BCUT2D eigenvalue weighted by molar-refractivity contribution is -0.269. The largest absolute Gasteiger partial charge is 0.463 e. The highest BCUT2D eigenvalue weighted by molar-refractivity contribution is 9.09. The number of carbonyl (C=O) groups is 2. The summed E-state index contributed by atoms with van der Waals surface area (Å²) in [4.78, 5) is 22.2. The first-order valence-electron chi connectivity index (χ1n) is 5.26. The van der Waals surface area contributed by atoms with Crippen LogP contribution in [-0.4, -0.2) is 35.7 Å². The van der Waals surface area contributed by atoms with Crippen molar-refractivity contribution >= 4 is 27.6 Å². The molecule has 0 radical (unpaired) electrons. The average Bonchev–Trinajstić information content (AvgIpc) is 2.26. The summed E-state index contributed by atoms with van der Waals surface area (Å²) in [6, 6.07) is 0. The molecule has 0 bridgehead atoms. The normalized spacial score (nSPS) is 14.4. The van der Waals surface area contributed by atoms with Crippen LogP contribution in [0.5, 0.6) is 0 Å². The van der Waals surface area contributed by atoms with Crippen molar-refractivity contribution in [3.8, 4) is 0 Å². The van der Waals surface area contributed by atoms with Crippen LogP contribution in [0.1, 0.15) is 13.8 Å². The van der Waals surface area contributed by atoms with Crippen LogP contribution in [0.4, 0.5) is 22.0 Å². The molecule has 19 heavy (non-hydrogen) atoms. The zero-order valence-electron chi connectivity index (χ0n) is 10.2. The maximum Gasteiger partial charge on any atom is 0.463 e. The highest BCUT2D eigenvalue weighted by atomic mass is 79.9. The molecule has 0 fully saturated rings. The number of alkyl halides is 6. The van der Waals surface area contributed by atoms with E-state index in [0.29, 0.717) is 0 Å². The summed E-state index contributed by atoms with van der Waals surface area (Å²) >= 11 is 2.87. The van der Waals surface area contributed by atoms with Crippen LogP contribution in [0.3, 0.4) is 0 Å². The van der Waals surface area contributed by atoms with E-state index in [1.807, 2.05) is 0 Å². The zero-order valence-corrected chi connectivity index (χ0v) is 11.7. The van der Waals surface area contributed by atoms with Gasteiger partial charge in [-0.15, -0.1) is 0 Å². The third-order valence-corrected chi connectivity index (χ3v) is 3.03. The highest BCUT2D eigenvalue weighted by Gasteiger charge is 2.63. The van der Waals surface area contributed by atoms with Gasteiger partial charge in [0.1, 0.15) is 5.78 Å². The van der Waals surface area contributed by atoms with E-state index in [-0.39, 0.29) is 17.0 Å². The van der Waals surface area contributed by atoms with Crippen LogP contribution >= 0.6 is 15.9 Å². The molecule has 0 saturated heterocycles. The van der Waals surface area contributed by atoms with Crippen molar-refractivity contribution in [3.63, 3.8) is 0 Å². The standard InChI is InChI=1S/C10H13BrF5NO2/c1-5(2)6(7(18)3-11)4-17-8(19)9(12,13)10(14,15)16/h5-6H,3-4H2,1-2H3,(H,17,19). The van der Waals surface area contributed by atoms with E-state index in [2.05, 4.69) is 15.9 Å². The van der Waals surface area contributed by atoms with Crippen LogP contribution in [0.15, 0.2) is 0 Å². The Morgan fingerprint density at radius 2 is 1.63 bits per heavy atom. The zero-order chi connectivity index (χ0) is 15.4. The first-order valence-corrected chi connectivity index (χ1v) is 6.38. The number of amides is 1. The maximum absolute atomic E-state index is 12.6. The van der Waals surface area contributed by atoms with E-state index in [1.165, 1.54) is 5.32 Å². The van der Waals surface area contributed by atoms with Crippen molar-refractivity contribution in [2.45, 2.75) is 25.9 Å². The predicted octanol–water partition coefficient (Wildman–Crippen LogP) is 2.54. The molecule has 0 rings (SSSR count). The number of hydrogen-bond acceptors (Lipinski definition) is 2. The Balaban J connectivity index is 4.71. The second-order valence-corrected chi connectivity index (χ2v) is 4.79. The molecule has 1 N–H and O–H groups in total. The third-order valence-electron chi connectivity index (χ3n) is 2.47. The van der Waals surface area contributed by atoms with Gasteiger partial charge < -0.3 is 5.32 Å². The second kappa shape index (κ2) is 6.62. The molecule has 0 heterocycles. The van der Waals surface area contributed by atoms with E-state index in [4.69, 9.17) is 0 Å². The lowest BCUT2D eigenvalue weighted by atomic mass is 9.92. The van der Waals surface area contributed by atoms with E-state index in [1.54, 1.807) is 13.8 Å². The summed E-state index contributed by atoms with van der Waals surface area (Å²) in [6.07, 6.45) is -5.95. The van der Waals surface area contributed by atoms with Gasteiger partial charge in [0.25, 0.3) is 5.91 Å². The van der Waals surface area contributed by atoms with Crippen molar-refractivity contribution in [1.82, 2.24) is 5.32 Å². The number of nitrogens with one attached hydrogen (secondary N) is 1. The molecular formula is C10H13BrF5NO2. The predicted molar refractivity (Wildman–Crippen MR) is 61.1 cm³/mol. The molecule has 112 valence electrons. The van der Waals surface area contributed by atoms with Gasteiger partial charge in [-0.2, -0.15) is 22.0 Å². The maximum atomic E-state index is 12.6. The lowest BCUT2D eigenvalue weighted by Crippen LogP contribution is -2.52. The van der Waals surface area contributed by atoms with Crippen LogP contribution in [0.2, 0.25) is 0 Å². The topological polar surface area (TPSA) is 46.2 Å². The Bertz CT molecular complexity index is 343. The van der Waals surface area contributed by atoms with Gasteiger partial charge in [0, 0.05) is 12.5 Å². The van der Waals surface area contributed by atoms with Crippen LogP contribution < -0.4 is 5.32 Å². The fourth-order valence-corrected chi connectivity index (χ4v) is 1.68. The van der Waals surface area contributed by atoms with Gasteiger partial charge in [0.05, 0.1) is 5.33 Å². The molecule has 1 atom stereocenters. The quantitative estimate of drug-likeness (QED) is 0.589. The lowest BCUT2D eigenvalue weighted by Gasteiger charge is -2.22. The SMILES string of the molecule is CC(C)C(CNC(=O)C(F)(F)C(F)(F)F)C(=O)CBr. The van der Waals surface area contributed by atoms with Gasteiger partial charge in [-0.05, 0) is 5.92 Å². The molecule has 0 aliphatic carbocycles. The van der Waals surface area contributed by atoms with Crippen LogP contribution in [-0.2, 0) is 9.59 Å². The van der Waals surface area contributed by atoms with Crippen molar-refractivity contribution < 1.29 is 31.5 Å². The summed E-state index contributed by atoms with van der Waals surface area (Å²) in [5.41, 5.74) is 0. The smallest absolute Gasteiger partial charge is 0.350 e. The van der Waals surface area contributed by atoms with Gasteiger partial charge in [0.15, 0.2) is 0 Å². The Hall–Kier alpha value is -0.730. The number of Topliss-reactive ketones (excluding diaryl/α,β-unsaturated/α-hetero) is 1. The van der Waals surface area contributed by atoms with Crippen molar-refractivity contribution in [2.75, 3.05) is 11.9 Å². The van der Waals surface area contributed by atoms with E-state index in [0.717, 1.165) is 0 Å². The number of rotatable bonds is 6. The Morgan fingerprint density at radius 1 is 1.16 bits per heavy atom. The molecule has 0 saturated carbocycles. The summed E-state index contributed by atoms with van der Waals surface area (Å²) in [6.45, 7) is 2.63. The molecule has 0 aliphatic heterocycles. The fourth-order valence-electron chi connectivity index (χ4n) is 1.26. The first kappa shape index (κ1) is 18.3. The van der Waals surface area contributed by atoms with Gasteiger partial charge >= 0.3 is 12.1 Å². The Kier molecular flexibility index (Phi) is 6.37. The second-order valence-electron chi connectivity index (χ2n) is 4.23. The van der Waals surface area contributed by atoms with Crippen LogP contribution in [0, 0.1) is 11.8 Å². The molecule has 1 unspecified atom stereocenters. The number of ketones is 1. The van der Waals surface area contributed by atoms with Gasteiger partial charge in [-0.25, -0.2) is 0 Å². The third kappa shape index (κ3) is 4.70. The Labute approximate surface area is 115 Å². The fraction of sp³-hybridized carbons (Fsp3) is 0.800. The molecule has 9 heteroatoms. The minimum absolute atomic E-state index is 0.0681. The van der Waals surface area contributed by atoms with Crippen LogP contribution in [0.25, 0.3) is 0 Å². The molecular weight excluding hydrogens is 341 g/mol. The summed E-state index contributed by atoms with van der Waals surface area (Å²) < 4.78 is 61.0. The molecule has 0 aromatic heterocycles. The summed E-state index contributed by atoms with van der Waals surface area (Å²) in [7, 11) is 0. The van der Waals surface area contributed by atoms with E-state index < -0.39 is 30.5 Å². The molecule has 0 spiro atoms. The molecule has 0 aromatic rings. The minimum atomic E-state index is -5.95. The summed E-state index contributed by atoms with van der Waals surface area (Å²) in [5, 5.41) is 1.41. The number of hydrogen-bond donors (Lipinski definition) is 1. The van der Waals surface area contributed by atoms with Crippen molar-refractivity contribution in [3.05, 3.63) is 0 Å². The monoisotopic (exact) mass is 353 g/mol. The number of carbonyl (C=O) groups excluding carboxylic acids is 2. The minimum Gasteiger partial charge on any atom is -0.350 e. The van der Waals surface area contributed by atoms with Gasteiger partial charge in [0.2, 0.25) is 0 Å². The van der Waals surface area contributed by atoms with E-state index in [9.17, 15) is 31.5 Å². The van der Waals surface area contributed by atoms with Gasteiger partial charge in [-0.1, -0.05) is 29.8 Å². The van der Waals surface area contributed by atoms with Gasteiger partial charge in [-0.3, -0.25) is 9.59 Å². The first-order chi connectivity index (χ1) is 8.45. The van der Waals surface area contributed by atoms with Crippen molar-refractivity contribution in [2.24, 2.45) is 11.8 Å². The Morgan fingerprint density at radius 3 is 1.95 bits per heavy atom. The molecule has 1 amide bonds. The van der Waals surface area contributed by atoms with Crippen molar-refractivity contribution in [1.29, 1.82) is 0 Å².